The molecule has 4 nitrogen and oxygen atoms in total. The van der Waals surface area contributed by atoms with Crippen LogP contribution >= 0.6 is 11.8 Å². The minimum Gasteiger partial charge on any atom is -0.497 e. The number of thioether (sulfide) groups is 1. The molecule has 1 N–H and O–H groups in total. The van der Waals surface area contributed by atoms with E-state index in [1.807, 2.05) is 24.3 Å². The zero-order valence-corrected chi connectivity index (χ0v) is 8.84. The van der Waals surface area contributed by atoms with Crippen molar-refractivity contribution in [3.8, 4) is 5.75 Å². The van der Waals surface area contributed by atoms with Gasteiger partial charge in [0, 0.05) is 11.8 Å². The number of carbonyl (C=O) groups excluding carboxylic acids is 1. The lowest BCUT2D eigenvalue weighted by Gasteiger charge is -1.99. The van der Waals surface area contributed by atoms with Crippen LogP contribution in [0.2, 0.25) is 0 Å². The van der Waals surface area contributed by atoms with Crippen LogP contribution in [0.4, 0.5) is 4.79 Å². The molecule has 1 saturated heterocycles. The maximum Gasteiger partial charge on any atom is 0.319 e. The molecule has 0 atom stereocenters. The highest BCUT2D eigenvalue weighted by Crippen LogP contribution is 2.25. The van der Waals surface area contributed by atoms with Crippen molar-refractivity contribution in [2.75, 3.05) is 7.11 Å². The molecule has 0 saturated carbocycles. The molecule has 0 aliphatic carbocycles. The molecule has 1 aromatic carbocycles. The average molecular weight is 223 g/mol. The maximum atomic E-state index is 10.8. The van der Waals surface area contributed by atoms with Gasteiger partial charge in [0.15, 0.2) is 5.09 Å². The van der Waals surface area contributed by atoms with Crippen molar-refractivity contribution in [1.29, 1.82) is 0 Å². The molecule has 1 aliphatic rings. The van der Waals surface area contributed by atoms with Crippen molar-refractivity contribution < 1.29 is 14.4 Å². The first-order valence-corrected chi connectivity index (χ1v) is 5.10. The van der Waals surface area contributed by atoms with E-state index in [0.717, 1.165) is 23.1 Å². The number of carbonyl (C=O) groups is 1. The molecule has 1 fully saturated rings. The summed E-state index contributed by atoms with van der Waals surface area (Å²) in [7, 11) is 1.62. The summed E-state index contributed by atoms with van der Waals surface area (Å²) in [6, 6.07) is 7.47. The van der Waals surface area contributed by atoms with Gasteiger partial charge < -0.3 is 9.57 Å². The summed E-state index contributed by atoms with van der Waals surface area (Å²) in [6.45, 7) is 0. The van der Waals surface area contributed by atoms with E-state index in [9.17, 15) is 4.79 Å². The highest BCUT2D eigenvalue weighted by atomic mass is 32.2. The van der Waals surface area contributed by atoms with Gasteiger partial charge in [-0.05, 0) is 23.8 Å². The van der Waals surface area contributed by atoms with Crippen LogP contribution in [0.1, 0.15) is 5.56 Å². The van der Waals surface area contributed by atoms with Crippen LogP contribution in [0.5, 0.6) is 5.75 Å². The zero-order valence-electron chi connectivity index (χ0n) is 8.02. The van der Waals surface area contributed by atoms with Crippen LogP contribution in [0.3, 0.4) is 0 Å². The Hall–Kier alpha value is -1.62. The number of hydrogen-bond acceptors (Lipinski definition) is 4. The Bertz CT molecular complexity index is 400. The van der Waals surface area contributed by atoms with Gasteiger partial charge in [0.1, 0.15) is 5.75 Å². The molecular formula is C10H9NO3S. The number of hydroxylamine groups is 1. The first kappa shape index (κ1) is 9.92. The Labute approximate surface area is 91.2 Å². The van der Waals surface area contributed by atoms with Crippen molar-refractivity contribution in [3.63, 3.8) is 0 Å². The number of benzene rings is 1. The molecule has 2 rings (SSSR count). The Morgan fingerprint density at radius 3 is 2.67 bits per heavy atom. The lowest BCUT2D eigenvalue weighted by molar-refractivity contribution is 0.162. The zero-order chi connectivity index (χ0) is 10.7. The fourth-order valence-electron chi connectivity index (χ4n) is 1.12. The van der Waals surface area contributed by atoms with Crippen molar-refractivity contribution in [1.82, 2.24) is 5.48 Å². The maximum absolute atomic E-state index is 10.8. The van der Waals surface area contributed by atoms with Gasteiger partial charge in [-0.1, -0.05) is 12.1 Å². The number of hydrogen-bond donors (Lipinski definition) is 1. The lowest BCUT2D eigenvalue weighted by atomic mass is 10.2. The minimum atomic E-state index is -0.199. The number of rotatable bonds is 2. The van der Waals surface area contributed by atoms with Crippen LogP contribution < -0.4 is 10.2 Å². The van der Waals surface area contributed by atoms with Crippen LogP contribution in [0.25, 0.3) is 6.08 Å². The number of ether oxygens (including phenoxy) is 1. The Kier molecular flexibility index (Phi) is 2.82. The van der Waals surface area contributed by atoms with Gasteiger partial charge in [0.2, 0.25) is 0 Å². The van der Waals surface area contributed by atoms with Gasteiger partial charge in [0.05, 0.1) is 7.11 Å². The molecule has 5 heteroatoms. The normalized spacial score (nSPS) is 17.4. The molecule has 0 unspecified atom stereocenters. The summed E-state index contributed by atoms with van der Waals surface area (Å²) in [5, 5.41) is 0.347. The van der Waals surface area contributed by atoms with Crippen LogP contribution in [0.15, 0.2) is 29.4 Å². The molecule has 15 heavy (non-hydrogen) atoms. The fraction of sp³-hybridized carbons (Fsp3) is 0.100. The molecule has 1 aromatic rings. The third-order valence-corrected chi connectivity index (χ3v) is 2.50. The van der Waals surface area contributed by atoms with Crippen LogP contribution in [0, 0.1) is 0 Å². The third-order valence-electron chi connectivity index (χ3n) is 1.83. The number of methoxy groups -OCH3 is 1. The molecule has 0 bridgehead atoms. The van der Waals surface area contributed by atoms with E-state index in [2.05, 4.69) is 5.48 Å². The third kappa shape index (κ3) is 2.44. The monoisotopic (exact) mass is 223 g/mol. The van der Waals surface area contributed by atoms with Gasteiger partial charge >= 0.3 is 5.24 Å². The van der Waals surface area contributed by atoms with Crippen LogP contribution in [-0.2, 0) is 4.84 Å². The fourth-order valence-corrected chi connectivity index (χ4v) is 1.66. The molecule has 0 spiro atoms. The number of nitrogens with one attached hydrogen (secondary N) is 1. The SMILES string of the molecule is COc1ccc(/C=C2\ONC(=O)S2)cc1. The number of amides is 1. The topological polar surface area (TPSA) is 47.6 Å². The molecule has 1 amide bonds. The van der Waals surface area contributed by atoms with Gasteiger partial charge in [-0.2, -0.15) is 5.48 Å². The van der Waals surface area contributed by atoms with E-state index in [-0.39, 0.29) is 5.24 Å². The largest absolute Gasteiger partial charge is 0.497 e. The predicted octanol–water partition coefficient (Wildman–Crippen LogP) is 2.38. The molecule has 78 valence electrons. The summed E-state index contributed by atoms with van der Waals surface area (Å²) in [6.07, 6.45) is 1.78. The molecule has 0 aromatic heterocycles. The van der Waals surface area contributed by atoms with E-state index >= 15 is 0 Å². The Morgan fingerprint density at radius 2 is 2.13 bits per heavy atom. The van der Waals surface area contributed by atoms with Crippen LogP contribution in [-0.4, -0.2) is 12.3 Å². The van der Waals surface area contributed by atoms with E-state index in [0.29, 0.717) is 5.09 Å². The van der Waals surface area contributed by atoms with E-state index < -0.39 is 0 Å². The van der Waals surface area contributed by atoms with Crippen molar-refractivity contribution >= 4 is 23.1 Å². The summed E-state index contributed by atoms with van der Waals surface area (Å²) >= 11 is 1.03. The first-order chi connectivity index (χ1) is 7.28. The summed E-state index contributed by atoms with van der Waals surface area (Å²) in [5.74, 6) is 0.798. The molecule has 1 aliphatic heterocycles. The summed E-state index contributed by atoms with van der Waals surface area (Å²) in [4.78, 5) is 15.7. The minimum absolute atomic E-state index is 0.199. The highest BCUT2D eigenvalue weighted by Gasteiger charge is 2.17. The van der Waals surface area contributed by atoms with E-state index in [4.69, 9.17) is 9.57 Å². The van der Waals surface area contributed by atoms with E-state index in [1.165, 1.54) is 0 Å². The second-order valence-electron chi connectivity index (χ2n) is 2.83. The highest BCUT2D eigenvalue weighted by molar-refractivity contribution is 8.17. The predicted molar refractivity (Wildman–Crippen MR) is 58.2 cm³/mol. The van der Waals surface area contributed by atoms with Gasteiger partial charge in [-0.3, -0.25) is 4.79 Å². The molecule has 1 heterocycles. The molecular weight excluding hydrogens is 214 g/mol. The van der Waals surface area contributed by atoms with Crippen molar-refractivity contribution in [3.05, 3.63) is 34.9 Å². The van der Waals surface area contributed by atoms with E-state index in [1.54, 1.807) is 13.2 Å². The lowest BCUT2D eigenvalue weighted by Crippen LogP contribution is -2.07. The van der Waals surface area contributed by atoms with Gasteiger partial charge in [-0.25, -0.2) is 0 Å². The standard InChI is InChI=1S/C10H9NO3S/c1-13-8-4-2-7(3-5-8)6-9-14-11-10(12)15-9/h2-6H,1H3,(H,11,12)/b9-6+. The second kappa shape index (κ2) is 4.27. The summed E-state index contributed by atoms with van der Waals surface area (Å²) in [5.41, 5.74) is 3.20. The van der Waals surface area contributed by atoms with Crippen molar-refractivity contribution in [2.24, 2.45) is 0 Å². The second-order valence-corrected chi connectivity index (χ2v) is 3.81. The quantitative estimate of drug-likeness (QED) is 0.836. The Morgan fingerprint density at radius 1 is 1.40 bits per heavy atom. The molecule has 0 radical (unpaired) electrons. The van der Waals surface area contributed by atoms with Gasteiger partial charge in [0.25, 0.3) is 0 Å². The summed E-state index contributed by atoms with van der Waals surface area (Å²) < 4.78 is 5.03. The average Bonchev–Trinajstić information content (AvgIpc) is 2.65. The van der Waals surface area contributed by atoms with Gasteiger partial charge in [-0.15, -0.1) is 0 Å². The van der Waals surface area contributed by atoms with Crippen molar-refractivity contribution in [2.45, 2.75) is 0 Å². The Balaban J connectivity index is 2.13. The smallest absolute Gasteiger partial charge is 0.319 e. The first-order valence-electron chi connectivity index (χ1n) is 4.28.